The first kappa shape index (κ1) is 11.3. The van der Waals surface area contributed by atoms with E-state index in [0.717, 1.165) is 16.9 Å². The molecule has 0 fully saturated rings. The van der Waals surface area contributed by atoms with Gasteiger partial charge in [0.2, 0.25) is 0 Å². The molecule has 3 nitrogen and oxygen atoms in total. The molecule has 0 unspecified atom stereocenters. The average molecular weight is 276 g/mol. The molecule has 0 saturated carbocycles. The third-order valence-corrected chi connectivity index (χ3v) is 3.56. The highest BCUT2D eigenvalue weighted by molar-refractivity contribution is 7.08. The van der Waals surface area contributed by atoms with Gasteiger partial charge in [-0.3, -0.25) is 0 Å². The van der Waals surface area contributed by atoms with Gasteiger partial charge in [0.15, 0.2) is 0 Å². The fraction of sp³-hybridized carbons (Fsp3) is 0. The summed E-state index contributed by atoms with van der Waals surface area (Å²) >= 11 is 7.49. The Bertz CT molecular complexity index is 656. The molecule has 0 spiro atoms. The van der Waals surface area contributed by atoms with E-state index in [1.54, 1.807) is 16.0 Å². The van der Waals surface area contributed by atoms with Gasteiger partial charge in [0.25, 0.3) is 0 Å². The molecule has 0 aliphatic carbocycles. The number of halogens is 1. The Labute approximate surface area is 113 Å². The van der Waals surface area contributed by atoms with E-state index in [1.807, 2.05) is 47.3 Å². The third-order valence-electron chi connectivity index (χ3n) is 2.63. The van der Waals surface area contributed by atoms with Crippen molar-refractivity contribution in [1.29, 1.82) is 0 Å². The minimum absolute atomic E-state index is 0.670. The van der Waals surface area contributed by atoms with Crippen LogP contribution in [0.4, 0.5) is 5.69 Å². The molecule has 1 aromatic carbocycles. The summed E-state index contributed by atoms with van der Waals surface area (Å²) in [4.78, 5) is 0. The second-order valence-corrected chi connectivity index (χ2v) is 5.08. The first-order chi connectivity index (χ1) is 8.74. The summed E-state index contributed by atoms with van der Waals surface area (Å²) in [6.45, 7) is 0. The van der Waals surface area contributed by atoms with E-state index < -0.39 is 0 Å². The Hall–Kier alpha value is -1.78. The number of hydrogen-bond acceptors (Lipinski definition) is 3. The number of anilines is 1. The third kappa shape index (κ3) is 2.00. The molecule has 3 rings (SSSR count). The van der Waals surface area contributed by atoms with Crippen molar-refractivity contribution in [2.24, 2.45) is 0 Å². The van der Waals surface area contributed by atoms with Crippen LogP contribution in [0.3, 0.4) is 0 Å². The Morgan fingerprint density at radius 1 is 1.17 bits per heavy atom. The Morgan fingerprint density at radius 2 is 1.94 bits per heavy atom. The number of rotatable bonds is 2. The standard InChI is InChI=1S/C13H10ClN3S/c14-10-1-3-11(4-2-10)17-7-12(15)13(16-17)9-5-6-18-8-9/h1-8H,15H2. The zero-order chi connectivity index (χ0) is 12.5. The smallest absolute Gasteiger partial charge is 0.116 e. The molecule has 18 heavy (non-hydrogen) atoms. The summed E-state index contributed by atoms with van der Waals surface area (Å²) in [5.41, 5.74) is 9.46. The van der Waals surface area contributed by atoms with Crippen LogP contribution in [0.5, 0.6) is 0 Å². The van der Waals surface area contributed by atoms with E-state index in [-0.39, 0.29) is 0 Å². The number of nitrogens with zero attached hydrogens (tertiary/aromatic N) is 2. The summed E-state index contributed by atoms with van der Waals surface area (Å²) in [5, 5.41) is 9.26. The molecule has 2 heterocycles. The van der Waals surface area contributed by atoms with Crippen molar-refractivity contribution in [1.82, 2.24) is 9.78 Å². The van der Waals surface area contributed by atoms with Gasteiger partial charge in [-0.1, -0.05) is 11.6 Å². The van der Waals surface area contributed by atoms with E-state index in [9.17, 15) is 0 Å². The molecule has 2 N–H and O–H groups in total. The fourth-order valence-electron chi connectivity index (χ4n) is 1.74. The summed E-state index contributed by atoms with van der Waals surface area (Å²) in [7, 11) is 0. The molecule has 0 amide bonds. The number of nitrogen functional groups attached to an aromatic ring is 1. The molecule has 2 aromatic heterocycles. The maximum absolute atomic E-state index is 6.00. The average Bonchev–Trinajstić information content (AvgIpc) is 2.99. The van der Waals surface area contributed by atoms with E-state index in [0.29, 0.717) is 10.7 Å². The van der Waals surface area contributed by atoms with Crippen LogP contribution in [-0.4, -0.2) is 9.78 Å². The van der Waals surface area contributed by atoms with Gasteiger partial charge in [-0.05, 0) is 35.7 Å². The molecule has 0 aliphatic heterocycles. The van der Waals surface area contributed by atoms with Gasteiger partial charge < -0.3 is 5.73 Å². The normalized spacial score (nSPS) is 10.7. The van der Waals surface area contributed by atoms with Crippen LogP contribution < -0.4 is 5.73 Å². The lowest BCUT2D eigenvalue weighted by molar-refractivity contribution is 0.885. The second-order valence-electron chi connectivity index (χ2n) is 3.87. The van der Waals surface area contributed by atoms with Crippen molar-refractivity contribution >= 4 is 28.6 Å². The van der Waals surface area contributed by atoms with Crippen molar-refractivity contribution in [3.05, 3.63) is 52.3 Å². The first-order valence-corrected chi connectivity index (χ1v) is 6.70. The summed E-state index contributed by atoms with van der Waals surface area (Å²) in [5.74, 6) is 0. The molecule has 0 bridgehead atoms. The minimum atomic E-state index is 0.670. The maximum atomic E-state index is 6.00. The molecule has 0 radical (unpaired) electrons. The van der Waals surface area contributed by atoms with Gasteiger partial charge in [-0.2, -0.15) is 16.4 Å². The van der Waals surface area contributed by atoms with E-state index in [2.05, 4.69) is 5.10 Å². The highest BCUT2D eigenvalue weighted by atomic mass is 35.5. The molecule has 5 heteroatoms. The van der Waals surface area contributed by atoms with Gasteiger partial charge in [0.1, 0.15) is 5.69 Å². The second kappa shape index (κ2) is 4.48. The molecule has 3 aromatic rings. The van der Waals surface area contributed by atoms with Gasteiger partial charge in [-0.25, -0.2) is 4.68 Å². The lowest BCUT2D eigenvalue weighted by atomic mass is 10.2. The van der Waals surface area contributed by atoms with Crippen LogP contribution in [-0.2, 0) is 0 Å². The summed E-state index contributed by atoms with van der Waals surface area (Å²) in [6, 6.07) is 9.49. The lowest BCUT2D eigenvalue weighted by Gasteiger charge is -2.00. The van der Waals surface area contributed by atoms with E-state index in [1.165, 1.54) is 0 Å². The number of nitrogens with two attached hydrogens (primary N) is 1. The zero-order valence-electron chi connectivity index (χ0n) is 9.38. The predicted octanol–water partition coefficient (Wildman–Crippen LogP) is 3.84. The molecule has 90 valence electrons. The Balaban J connectivity index is 2.05. The van der Waals surface area contributed by atoms with E-state index in [4.69, 9.17) is 17.3 Å². The SMILES string of the molecule is Nc1cn(-c2ccc(Cl)cc2)nc1-c1ccsc1. The van der Waals surface area contributed by atoms with Gasteiger partial charge in [-0.15, -0.1) is 0 Å². The van der Waals surface area contributed by atoms with Gasteiger partial charge >= 0.3 is 0 Å². The number of thiophene rings is 1. The molecular weight excluding hydrogens is 266 g/mol. The summed E-state index contributed by atoms with van der Waals surface area (Å²) < 4.78 is 1.76. The van der Waals surface area contributed by atoms with Crippen LogP contribution in [0.15, 0.2) is 47.3 Å². The first-order valence-electron chi connectivity index (χ1n) is 5.38. The van der Waals surface area contributed by atoms with E-state index >= 15 is 0 Å². The Morgan fingerprint density at radius 3 is 2.61 bits per heavy atom. The van der Waals surface area contributed by atoms with Crippen LogP contribution in [0.1, 0.15) is 0 Å². The van der Waals surface area contributed by atoms with Crippen molar-refractivity contribution in [3.8, 4) is 16.9 Å². The van der Waals surface area contributed by atoms with Crippen LogP contribution in [0.25, 0.3) is 16.9 Å². The minimum Gasteiger partial charge on any atom is -0.396 e. The molecule has 0 aliphatic rings. The number of benzene rings is 1. The summed E-state index contributed by atoms with van der Waals surface area (Å²) in [6.07, 6.45) is 1.82. The number of aromatic nitrogens is 2. The van der Waals surface area contributed by atoms with Crippen molar-refractivity contribution < 1.29 is 0 Å². The van der Waals surface area contributed by atoms with Crippen LogP contribution in [0.2, 0.25) is 5.02 Å². The van der Waals surface area contributed by atoms with Gasteiger partial charge in [0, 0.05) is 16.0 Å². The van der Waals surface area contributed by atoms with Crippen LogP contribution >= 0.6 is 22.9 Å². The van der Waals surface area contributed by atoms with Crippen molar-refractivity contribution in [2.45, 2.75) is 0 Å². The van der Waals surface area contributed by atoms with Crippen LogP contribution in [0, 0.1) is 0 Å². The topological polar surface area (TPSA) is 43.8 Å². The highest BCUT2D eigenvalue weighted by Gasteiger charge is 2.09. The van der Waals surface area contributed by atoms with Gasteiger partial charge in [0.05, 0.1) is 17.6 Å². The van der Waals surface area contributed by atoms with Crippen molar-refractivity contribution in [2.75, 3.05) is 5.73 Å². The zero-order valence-corrected chi connectivity index (χ0v) is 10.9. The molecule has 0 saturated heterocycles. The molecule has 0 atom stereocenters. The molecular formula is C13H10ClN3S. The predicted molar refractivity (Wildman–Crippen MR) is 76.3 cm³/mol. The highest BCUT2D eigenvalue weighted by Crippen LogP contribution is 2.27. The monoisotopic (exact) mass is 275 g/mol. The van der Waals surface area contributed by atoms with Crippen molar-refractivity contribution in [3.63, 3.8) is 0 Å². The largest absolute Gasteiger partial charge is 0.396 e. The number of hydrogen-bond donors (Lipinski definition) is 1. The lowest BCUT2D eigenvalue weighted by Crippen LogP contribution is -1.93. The maximum Gasteiger partial charge on any atom is 0.116 e. The fourth-order valence-corrected chi connectivity index (χ4v) is 2.50. The Kier molecular flexibility index (Phi) is 2.81. The quantitative estimate of drug-likeness (QED) is 0.772.